The van der Waals surface area contributed by atoms with Crippen molar-refractivity contribution in [2.24, 2.45) is 0 Å². The molecule has 1 N–H and O–H groups in total. The molecule has 1 heterocycles. The number of hydrogen-bond acceptors (Lipinski definition) is 3. The van der Waals surface area contributed by atoms with E-state index in [9.17, 15) is 5.11 Å². The highest BCUT2D eigenvalue weighted by Gasteiger charge is 2.23. The first-order valence-electron chi connectivity index (χ1n) is 7.39. The fraction of sp³-hybridized carbons (Fsp3) is 0.333. The molecule has 0 radical (unpaired) electrons. The van der Waals surface area contributed by atoms with Crippen molar-refractivity contribution in [1.29, 1.82) is 0 Å². The predicted octanol–water partition coefficient (Wildman–Crippen LogP) is 3.39. The average molecular weight is 283 g/mol. The van der Waals surface area contributed by atoms with Crippen LogP contribution in [0.25, 0.3) is 0 Å². The lowest BCUT2D eigenvalue weighted by Gasteiger charge is -2.17. The monoisotopic (exact) mass is 283 g/mol. The number of likely N-dealkylation sites (tertiary alicyclic amines) is 1. The summed E-state index contributed by atoms with van der Waals surface area (Å²) in [6.07, 6.45) is 1.21. The minimum Gasteiger partial charge on any atom is -0.504 e. The van der Waals surface area contributed by atoms with Crippen LogP contribution in [-0.2, 0) is 6.54 Å². The molecule has 3 nitrogen and oxygen atoms in total. The maximum atomic E-state index is 9.65. The van der Waals surface area contributed by atoms with Crippen LogP contribution in [0.15, 0.2) is 48.5 Å². The van der Waals surface area contributed by atoms with Gasteiger partial charge in [-0.3, -0.25) is 4.90 Å². The van der Waals surface area contributed by atoms with E-state index in [1.165, 1.54) is 17.5 Å². The van der Waals surface area contributed by atoms with Crippen LogP contribution in [0.3, 0.4) is 0 Å². The Kier molecular flexibility index (Phi) is 4.11. The van der Waals surface area contributed by atoms with E-state index in [0.29, 0.717) is 11.7 Å². The summed E-state index contributed by atoms with van der Waals surface area (Å²) in [4.78, 5) is 2.46. The second-order valence-corrected chi connectivity index (χ2v) is 5.64. The maximum absolute atomic E-state index is 9.65. The molecule has 0 aliphatic carbocycles. The van der Waals surface area contributed by atoms with Gasteiger partial charge in [0.2, 0.25) is 0 Å². The molecule has 0 amide bonds. The second-order valence-electron chi connectivity index (χ2n) is 5.64. The minimum atomic E-state index is 0.199. The normalized spacial score (nSPS) is 18.8. The molecule has 0 saturated carbocycles. The number of ether oxygens (including phenoxy) is 1. The Morgan fingerprint density at radius 3 is 2.76 bits per heavy atom. The molecule has 1 aliphatic rings. The number of nitrogens with zero attached hydrogens (tertiary/aromatic N) is 1. The Hall–Kier alpha value is -2.00. The van der Waals surface area contributed by atoms with Gasteiger partial charge in [0.25, 0.3) is 0 Å². The van der Waals surface area contributed by atoms with E-state index in [2.05, 4.69) is 35.2 Å². The highest BCUT2D eigenvalue weighted by atomic mass is 16.5. The molecule has 1 fully saturated rings. The van der Waals surface area contributed by atoms with Crippen LogP contribution in [0.1, 0.15) is 23.5 Å². The van der Waals surface area contributed by atoms with E-state index < -0.39 is 0 Å². The average Bonchev–Trinajstić information content (AvgIpc) is 2.98. The Morgan fingerprint density at radius 2 is 2.00 bits per heavy atom. The van der Waals surface area contributed by atoms with Crippen LogP contribution in [0.5, 0.6) is 11.5 Å². The summed E-state index contributed by atoms with van der Waals surface area (Å²) < 4.78 is 5.17. The SMILES string of the molecule is COc1cc(CN2CCC(c3ccccc3)C2)ccc1O. The third kappa shape index (κ3) is 3.19. The lowest BCUT2D eigenvalue weighted by molar-refractivity contribution is 0.324. The van der Waals surface area contributed by atoms with Crippen molar-refractivity contribution < 1.29 is 9.84 Å². The van der Waals surface area contributed by atoms with Gasteiger partial charge in [-0.2, -0.15) is 0 Å². The summed E-state index contributed by atoms with van der Waals surface area (Å²) in [5.41, 5.74) is 2.61. The standard InChI is InChI=1S/C18H21NO2/c1-21-18-11-14(7-8-17(18)20)12-19-10-9-16(13-19)15-5-3-2-4-6-15/h2-8,11,16,20H,9-10,12-13H2,1H3. The summed E-state index contributed by atoms with van der Waals surface area (Å²) in [5.74, 6) is 1.38. The molecule has 1 atom stereocenters. The van der Waals surface area contributed by atoms with E-state index in [-0.39, 0.29) is 5.75 Å². The van der Waals surface area contributed by atoms with Crippen LogP contribution in [0, 0.1) is 0 Å². The number of benzene rings is 2. The first kappa shape index (κ1) is 14.0. The third-order valence-electron chi connectivity index (χ3n) is 4.19. The van der Waals surface area contributed by atoms with Gasteiger partial charge in [0.15, 0.2) is 11.5 Å². The van der Waals surface area contributed by atoms with Crippen LogP contribution < -0.4 is 4.74 Å². The summed E-state index contributed by atoms with van der Waals surface area (Å²) in [6.45, 7) is 3.11. The molecule has 2 aromatic carbocycles. The molecular weight excluding hydrogens is 262 g/mol. The quantitative estimate of drug-likeness (QED) is 0.933. The topological polar surface area (TPSA) is 32.7 Å². The van der Waals surface area contributed by atoms with Crippen molar-refractivity contribution in [2.75, 3.05) is 20.2 Å². The number of phenols is 1. The minimum absolute atomic E-state index is 0.199. The molecule has 2 aromatic rings. The van der Waals surface area contributed by atoms with Crippen molar-refractivity contribution in [3.05, 3.63) is 59.7 Å². The fourth-order valence-corrected chi connectivity index (χ4v) is 3.05. The van der Waals surface area contributed by atoms with Gasteiger partial charge in [0.05, 0.1) is 7.11 Å². The van der Waals surface area contributed by atoms with Gasteiger partial charge in [-0.25, -0.2) is 0 Å². The van der Waals surface area contributed by atoms with Crippen molar-refractivity contribution in [3.8, 4) is 11.5 Å². The molecule has 0 spiro atoms. The third-order valence-corrected chi connectivity index (χ3v) is 4.19. The smallest absolute Gasteiger partial charge is 0.160 e. The summed E-state index contributed by atoms with van der Waals surface area (Å²) >= 11 is 0. The summed E-state index contributed by atoms with van der Waals surface area (Å²) in [7, 11) is 1.58. The van der Waals surface area contributed by atoms with Crippen LogP contribution in [0.4, 0.5) is 0 Å². The van der Waals surface area contributed by atoms with Crippen molar-refractivity contribution in [1.82, 2.24) is 4.90 Å². The molecule has 1 saturated heterocycles. The van der Waals surface area contributed by atoms with E-state index in [4.69, 9.17) is 4.74 Å². The zero-order valence-electron chi connectivity index (χ0n) is 12.3. The van der Waals surface area contributed by atoms with Gasteiger partial charge >= 0.3 is 0 Å². The zero-order valence-corrected chi connectivity index (χ0v) is 12.3. The number of phenolic OH excluding ortho intramolecular Hbond substituents is 1. The predicted molar refractivity (Wildman–Crippen MR) is 83.7 cm³/mol. The number of methoxy groups -OCH3 is 1. The van der Waals surface area contributed by atoms with E-state index >= 15 is 0 Å². The van der Waals surface area contributed by atoms with Gasteiger partial charge in [-0.05, 0) is 42.1 Å². The Morgan fingerprint density at radius 1 is 1.19 bits per heavy atom. The van der Waals surface area contributed by atoms with Crippen molar-refractivity contribution in [2.45, 2.75) is 18.9 Å². The van der Waals surface area contributed by atoms with E-state index in [0.717, 1.165) is 19.6 Å². The largest absolute Gasteiger partial charge is 0.504 e. The molecule has 3 heteroatoms. The number of aromatic hydroxyl groups is 1. The highest BCUT2D eigenvalue weighted by molar-refractivity contribution is 5.41. The lowest BCUT2D eigenvalue weighted by atomic mass is 9.99. The Balaban J connectivity index is 1.65. The van der Waals surface area contributed by atoms with Gasteiger partial charge < -0.3 is 9.84 Å². The van der Waals surface area contributed by atoms with Crippen LogP contribution >= 0.6 is 0 Å². The van der Waals surface area contributed by atoms with E-state index in [1.54, 1.807) is 13.2 Å². The maximum Gasteiger partial charge on any atom is 0.160 e. The molecular formula is C18H21NO2. The number of rotatable bonds is 4. The van der Waals surface area contributed by atoms with Crippen LogP contribution in [-0.4, -0.2) is 30.2 Å². The van der Waals surface area contributed by atoms with Gasteiger partial charge in [-0.1, -0.05) is 36.4 Å². The zero-order chi connectivity index (χ0) is 14.7. The fourth-order valence-electron chi connectivity index (χ4n) is 3.05. The van der Waals surface area contributed by atoms with Gasteiger partial charge in [0.1, 0.15) is 0 Å². The van der Waals surface area contributed by atoms with Crippen molar-refractivity contribution in [3.63, 3.8) is 0 Å². The Bertz CT molecular complexity index is 597. The van der Waals surface area contributed by atoms with Crippen molar-refractivity contribution >= 4 is 0 Å². The summed E-state index contributed by atoms with van der Waals surface area (Å²) in [5, 5.41) is 9.65. The summed E-state index contributed by atoms with van der Waals surface area (Å²) in [6, 6.07) is 16.3. The molecule has 21 heavy (non-hydrogen) atoms. The molecule has 0 aromatic heterocycles. The molecule has 0 bridgehead atoms. The first-order valence-corrected chi connectivity index (χ1v) is 7.39. The van der Waals surface area contributed by atoms with Crippen LogP contribution in [0.2, 0.25) is 0 Å². The molecule has 1 aliphatic heterocycles. The lowest BCUT2D eigenvalue weighted by Crippen LogP contribution is -2.19. The molecule has 1 unspecified atom stereocenters. The Labute approximate surface area is 125 Å². The molecule has 110 valence electrons. The van der Waals surface area contributed by atoms with Gasteiger partial charge in [0, 0.05) is 13.1 Å². The van der Waals surface area contributed by atoms with Gasteiger partial charge in [-0.15, -0.1) is 0 Å². The first-order chi connectivity index (χ1) is 10.3. The second kappa shape index (κ2) is 6.19. The molecule has 3 rings (SSSR count). The van der Waals surface area contributed by atoms with E-state index in [1.807, 2.05) is 12.1 Å². The number of hydrogen-bond donors (Lipinski definition) is 1. The highest BCUT2D eigenvalue weighted by Crippen LogP contribution is 2.30.